The molecule has 0 rings (SSSR count). The van der Waals surface area contributed by atoms with Gasteiger partial charge in [-0.3, -0.25) is 4.79 Å². The second-order valence-corrected chi connectivity index (χ2v) is 5.60. The van der Waals surface area contributed by atoms with Crippen LogP contribution in [0.5, 0.6) is 0 Å². The van der Waals surface area contributed by atoms with Gasteiger partial charge in [-0.2, -0.15) is 0 Å². The third kappa shape index (κ3) is 15.4. The number of unbranched alkanes of at least 4 members (excludes halogenated alkanes) is 7. The minimum atomic E-state index is -0.0154. The topological polar surface area (TPSA) is 29.5 Å². The number of hydrogen-bond donors (Lipinski definition) is 0. The van der Waals surface area contributed by atoms with Crippen LogP contribution in [0.2, 0.25) is 0 Å². The summed E-state index contributed by atoms with van der Waals surface area (Å²) in [5, 5.41) is 0. The van der Waals surface area contributed by atoms with Crippen molar-refractivity contribution in [1.82, 2.24) is 4.90 Å². The second kappa shape index (κ2) is 13.9. The Morgan fingerprint density at radius 1 is 0.895 bits per heavy atom. The van der Waals surface area contributed by atoms with Gasteiger partial charge in [0.15, 0.2) is 0 Å². The Morgan fingerprint density at radius 3 is 2.21 bits per heavy atom. The molecule has 0 saturated heterocycles. The molecule has 19 heavy (non-hydrogen) atoms. The molecule has 0 spiro atoms. The van der Waals surface area contributed by atoms with Crippen LogP contribution < -0.4 is 0 Å². The molecule has 0 aliphatic rings. The first-order valence-electron chi connectivity index (χ1n) is 7.97. The Kier molecular flexibility index (Phi) is 13.4. The van der Waals surface area contributed by atoms with Crippen molar-refractivity contribution >= 4 is 5.97 Å². The van der Waals surface area contributed by atoms with Gasteiger partial charge in [-0.25, -0.2) is 0 Å². The van der Waals surface area contributed by atoms with Crippen LogP contribution in [0.4, 0.5) is 0 Å². The van der Waals surface area contributed by atoms with Crippen molar-refractivity contribution in [3.63, 3.8) is 0 Å². The number of rotatable bonds is 13. The summed E-state index contributed by atoms with van der Waals surface area (Å²) in [7, 11) is 4.16. The number of hydrogen-bond acceptors (Lipinski definition) is 3. The lowest BCUT2D eigenvalue weighted by Gasteiger charge is -2.08. The van der Waals surface area contributed by atoms with Crippen LogP contribution in [0.3, 0.4) is 0 Å². The summed E-state index contributed by atoms with van der Waals surface area (Å²) in [6.45, 7) is 3.94. The Bertz CT molecular complexity index is 205. The molecule has 0 aromatic carbocycles. The van der Waals surface area contributed by atoms with Crippen LogP contribution in [-0.2, 0) is 9.53 Å². The van der Waals surface area contributed by atoms with E-state index in [-0.39, 0.29) is 5.97 Å². The van der Waals surface area contributed by atoms with Crippen molar-refractivity contribution in [2.75, 3.05) is 27.2 Å². The molecule has 0 aromatic rings. The van der Waals surface area contributed by atoms with Gasteiger partial charge in [0.05, 0.1) is 6.61 Å². The third-order valence-corrected chi connectivity index (χ3v) is 3.25. The maximum atomic E-state index is 11.4. The van der Waals surface area contributed by atoms with E-state index in [1.807, 2.05) is 0 Å². The van der Waals surface area contributed by atoms with E-state index < -0.39 is 0 Å². The average molecular weight is 271 g/mol. The summed E-state index contributed by atoms with van der Waals surface area (Å²) >= 11 is 0. The molecule has 0 amide bonds. The minimum absolute atomic E-state index is 0.0154. The van der Waals surface area contributed by atoms with Crippen LogP contribution in [0, 0.1) is 0 Å². The van der Waals surface area contributed by atoms with E-state index in [1.54, 1.807) is 0 Å². The summed E-state index contributed by atoms with van der Waals surface area (Å²) in [4.78, 5) is 13.6. The predicted molar refractivity (Wildman–Crippen MR) is 81.4 cm³/mol. The fraction of sp³-hybridized carbons (Fsp3) is 0.938. The maximum Gasteiger partial charge on any atom is 0.305 e. The van der Waals surface area contributed by atoms with Crippen molar-refractivity contribution in [1.29, 1.82) is 0 Å². The normalized spacial score (nSPS) is 10.9. The molecule has 0 unspecified atom stereocenters. The molecule has 0 aromatic heterocycles. The van der Waals surface area contributed by atoms with E-state index >= 15 is 0 Å². The molecule has 0 fully saturated rings. The van der Waals surface area contributed by atoms with Gasteiger partial charge in [0.25, 0.3) is 0 Å². The van der Waals surface area contributed by atoms with Gasteiger partial charge in [-0.1, -0.05) is 45.4 Å². The number of esters is 1. The van der Waals surface area contributed by atoms with E-state index in [1.165, 1.54) is 32.1 Å². The molecule has 0 aliphatic carbocycles. The number of ether oxygens (including phenoxy) is 1. The monoisotopic (exact) mass is 271 g/mol. The van der Waals surface area contributed by atoms with Gasteiger partial charge in [-0.05, 0) is 39.9 Å². The van der Waals surface area contributed by atoms with E-state index in [4.69, 9.17) is 4.74 Å². The lowest BCUT2D eigenvalue weighted by atomic mass is 10.1. The Hall–Kier alpha value is -0.570. The van der Waals surface area contributed by atoms with Crippen molar-refractivity contribution in [2.45, 2.75) is 71.1 Å². The highest BCUT2D eigenvalue weighted by Crippen LogP contribution is 2.06. The number of carbonyl (C=O) groups is 1. The summed E-state index contributed by atoms with van der Waals surface area (Å²) < 4.78 is 5.23. The van der Waals surface area contributed by atoms with Gasteiger partial charge in [0.2, 0.25) is 0 Å². The number of nitrogens with zero attached hydrogens (tertiary/aromatic N) is 1. The zero-order chi connectivity index (χ0) is 14.3. The third-order valence-electron chi connectivity index (χ3n) is 3.25. The Labute approximate surface area is 119 Å². The van der Waals surface area contributed by atoms with Crippen LogP contribution in [0.25, 0.3) is 0 Å². The van der Waals surface area contributed by atoms with Gasteiger partial charge in [0, 0.05) is 6.42 Å². The largest absolute Gasteiger partial charge is 0.466 e. The van der Waals surface area contributed by atoms with E-state index in [9.17, 15) is 4.79 Å². The summed E-state index contributed by atoms with van der Waals surface area (Å²) in [6.07, 6.45) is 11.2. The van der Waals surface area contributed by atoms with Crippen molar-refractivity contribution < 1.29 is 9.53 Å². The lowest BCUT2D eigenvalue weighted by Crippen LogP contribution is -2.13. The molecule has 0 aliphatic heterocycles. The molecule has 0 radical (unpaired) electrons. The molecule has 114 valence electrons. The standard InChI is InChI=1S/C16H33NO2/c1-4-5-6-7-8-12-15-19-16(18)13-10-9-11-14-17(2)3/h4-15H2,1-3H3. The SMILES string of the molecule is CCCCCCCCOC(=O)CCCCCN(C)C. The molecule has 0 N–H and O–H groups in total. The molecule has 0 heterocycles. The molecular weight excluding hydrogens is 238 g/mol. The van der Waals surface area contributed by atoms with Gasteiger partial charge in [0.1, 0.15) is 0 Å². The van der Waals surface area contributed by atoms with Gasteiger partial charge >= 0.3 is 5.97 Å². The van der Waals surface area contributed by atoms with Crippen LogP contribution in [0.1, 0.15) is 71.1 Å². The van der Waals surface area contributed by atoms with Crippen molar-refractivity contribution in [2.24, 2.45) is 0 Å². The zero-order valence-corrected chi connectivity index (χ0v) is 13.2. The zero-order valence-electron chi connectivity index (χ0n) is 13.2. The molecule has 0 atom stereocenters. The molecule has 3 nitrogen and oxygen atoms in total. The molecular formula is C16H33NO2. The minimum Gasteiger partial charge on any atom is -0.466 e. The lowest BCUT2D eigenvalue weighted by molar-refractivity contribution is -0.143. The average Bonchev–Trinajstić information content (AvgIpc) is 2.37. The molecule has 0 bridgehead atoms. The maximum absolute atomic E-state index is 11.4. The first-order chi connectivity index (χ1) is 9.16. The van der Waals surface area contributed by atoms with E-state index in [0.29, 0.717) is 13.0 Å². The van der Waals surface area contributed by atoms with Gasteiger partial charge < -0.3 is 9.64 Å². The van der Waals surface area contributed by atoms with E-state index in [0.717, 1.165) is 32.2 Å². The Morgan fingerprint density at radius 2 is 1.53 bits per heavy atom. The van der Waals surface area contributed by atoms with Crippen LogP contribution in [-0.4, -0.2) is 38.1 Å². The highest BCUT2D eigenvalue weighted by Gasteiger charge is 2.02. The van der Waals surface area contributed by atoms with Crippen molar-refractivity contribution in [3.8, 4) is 0 Å². The summed E-state index contributed by atoms with van der Waals surface area (Å²) in [6, 6.07) is 0. The van der Waals surface area contributed by atoms with Crippen molar-refractivity contribution in [3.05, 3.63) is 0 Å². The Balaban J connectivity index is 3.17. The second-order valence-electron chi connectivity index (χ2n) is 5.60. The first-order valence-corrected chi connectivity index (χ1v) is 7.97. The smallest absolute Gasteiger partial charge is 0.305 e. The fourth-order valence-electron chi connectivity index (χ4n) is 2.01. The van der Waals surface area contributed by atoms with Crippen LogP contribution in [0.15, 0.2) is 0 Å². The highest BCUT2D eigenvalue weighted by molar-refractivity contribution is 5.69. The molecule has 3 heteroatoms. The quantitative estimate of drug-likeness (QED) is 0.374. The fourth-order valence-corrected chi connectivity index (χ4v) is 2.01. The highest BCUT2D eigenvalue weighted by atomic mass is 16.5. The summed E-state index contributed by atoms with van der Waals surface area (Å²) in [5.74, 6) is -0.0154. The summed E-state index contributed by atoms with van der Waals surface area (Å²) in [5.41, 5.74) is 0. The van der Waals surface area contributed by atoms with Crippen LogP contribution >= 0.6 is 0 Å². The van der Waals surface area contributed by atoms with Gasteiger partial charge in [-0.15, -0.1) is 0 Å². The first kappa shape index (κ1) is 18.4. The van der Waals surface area contributed by atoms with E-state index in [2.05, 4.69) is 25.9 Å². The predicted octanol–water partition coefficient (Wildman–Crippen LogP) is 4.01. The number of carbonyl (C=O) groups excluding carboxylic acids is 1. The molecule has 0 saturated carbocycles.